The molecule has 2 aliphatic heterocycles. The average molecular weight is 380 g/mol. The molecule has 0 unspecified atom stereocenters. The van der Waals surface area contributed by atoms with Crippen molar-refractivity contribution in [3.8, 4) is 5.75 Å². The van der Waals surface area contributed by atoms with Gasteiger partial charge in [-0.15, -0.1) is 0 Å². The molecule has 1 aromatic heterocycles. The van der Waals surface area contributed by atoms with Crippen molar-refractivity contribution in [2.75, 3.05) is 26.2 Å². The van der Waals surface area contributed by atoms with Crippen LogP contribution < -0.4 is 10.1 Å². The molecule has 1 atom stereocenters. The highest BCUT2D eigenvalue weighted by molar-refractivity contribution is 5.78. The van der Waals surface area contributed by atoms with Crippen LogP contribution in [0.15, 0.2) is 48.7 Å². The van der Waals surface area contributed by atoms with Gasteiger partial charge in [-0.1, -0.05) is 24.3 Å². The van der Waals surface area contributed by atoms with Gasteiger partial charge in [0.05, 0.1) is 18.8 Å². The second kappa shape index (κ2) is 9.20. The topological polar surface area (TPSA) is 54.5 Å². The van der Waals surface area contributed by atoms with Crippen LogP contribution in [0.2, 0.25) is 0 Å². The van der Waals surface area contributed by atoms with E-state index in [0.29, 0.717) is 12.5 Å². The number of para-hydroxylation sites is 1. The minimum Gasteiger partial charge on any atom is -0.493 e. The lowest BCUT2D eigenvalue weighted by molar-refractivity contribution is -0.126. The van der Waals surface area contributed by atoms with Gasteiger partial charge in [-0.05, 0) is 68.5 Å². The van der Waals surface area contributed by atoms with Crippen molar-refractivity contribution in [2.24, 2.45) is 11.8 Å². The Morgan fingerprint density at radius 3 is 2.75 bits per heavy atom. The highest BCUT2D eigenvalue weighted by Crippen LogP contribution is 2.28. The Morgan fingerprint density at radius 1 is 1.11 bits per heavy atom. The molecule has 0 bridgehead atoms. The highest BCUT2D eigenvalue weighted by Gasteiger charge is 2.27. The van der Waals surface area contributed by atoms with Crippen LogP contribution in [0.3, 0.4) is 0 Å². The first-order valence-electron chi connectivity index (χ1n) is 10.4. The number of nitrogens with one attached hydrogen (secondary N) is 1. The number of hydrogen-bond donors (Lipinski definition) is 1. The quantitative estimate of drug-likeness (QED) is 0.868. The second-order valence-electron chi connectivity index (χ2n) is 7.93. The van der Waals surface area contributed by atoms with Gasteiger partial charge in [0.15, 0.2) is 0 Å². The minimum atomic E-state index is 0.123. The van der Waals surface area contributed by atoms with E-state index in [1.54, 1.807) is 6.20 Å². The molecule has 2 aliphatic rings. The van der Waals surface area contributed by atoms with Gasteiger partial charge in [0, 0.05) is 18.7 Å². The third-order valence-corrected chi connectivity index (χ3v) is 5.91. The second-order valence-corrected chi connectivity index (χ2v) is 7.93. The summed E-state index contributed by atoms with van der Waals surface area (Å²) in [5.41, 5.74) is 2.23. The molecule has 1 saturated heterocycles. The summed E-state index contributed by atoms with van der Waals surface area (Å²) in [6.07, 6.45) is 5.82. The Labute approximate surface area is 167 Å². The van der Waals surface area contributed by atoms with Crippen LogP contribution in [0, 0.1) is 11.8 Å². The number of benzene rings is 1. The van der Waals surface area contributed by atoms with Crippen LogP contribution >= 0.6 is 0 Å². The van der Waals surface area contributed by atoms with Gasteiger partial charge < -0.3 is 15.0 Å². The molecular formula is C23H29N3O2. The van der Waals surface area contributed by atoms with Crippen molar-refractivity contribution in [1.29, 1.82) is 0 Å². The van der Waals surface area contributed by atoms with Crippen LogP contribution in [0.4, 0.5) is 0 Å². The molecule has 28 heavy (non-hydrogen) atoms. The molecule has 5 heteroatoms. The lowest BCUT2D eigenvalue weighted by Gasteiger charge is -2.33. The zero-order valence-corrected chi connectivity index (χ0v) is 16.3. The van der Waals surface area contributed by atoms with E-state index in [-0.39, 0.29) is 11.8 Å². The number of pyridine rings is 1. The lowest BCUT2D eigenvalue weighted by Crippen LogP contribution is -2.42. The molecule has 2 aromatic rings. The minimum absolute atomic E-state index is 0.123. The maximum Gasteiger partial charge on any atom is 0.223 e. The number of ether oxygens (including phenoxy) is 1. The predicted octanol–water partition coefficient (Wildman–Crippen LogP) is 3.05. The normalized spacial score (nSPS) is 20.6. The zero-order valence-electron chi connectivity index (χ0n) is 16.3. The Bertz CT molecular complexity index is 772. The summed E-state index contributed by atoms with van der Waals surface area (Å²) in [5, 5.41) is 3.05. The van der Waals surface area contributed by atoms with Gasteiger partial charge in [0.25, 0.3) is 0 Å². The molecule has 0 radical (unpaired) electrons. The Morgan fingerprint density at radius 2 is 1.93 bits per heavy atom. The first kappa shape index (κ1) is 18.9. The fourth-order valence-electron chi connectivity index (χ4n) is 4.29. The summed E-state index contributed by atoms with van der Waals surface area (Å²) >= 11 is 0. The predicted molar refractivity (Wildman–Crippen MR) is 109 cm³/mol. The molecule has 3 heterocycles. The SMILES string of the molecule is O=C(NCc1ccccn1)C1CCN(C[C@@H]2CCOc3ccccc3C2)CC1. The fraction of sp³-hybridized carbons (Fsp3) is 0.478. The van der Waals surface area contributed by atoms with Crippen molar-refractivity contribution < 1.29 is 9.53 Å². The van der Waals surface area contributed by atoms with Crippen LogP contribution in [-0.4, -0.2) is 42.0 Å². The molecule has 4 rings (SSSR count). The smallest absolute Gasteiger partial charge is 0.223 e. The number of piperidine rings is 1. The Kier molecular flexibility index (Phi) is 6.22. The van der Waals surface area contributed by atoms with Crippen molar-refractivity contribution in [2.45, 2.75) is 32.2 Å². The summed E-state index contributed by atoms with van der Waals surface area (Å²) in [6, 6.07) is 14.2. The molecule has 0 aliphatic carbocycles. The van der Waals surface area contributed by atoms with E-state index in [4.69, 9.17) is 4.74 Å². The number of nitrogens with zero attached hydrogens (tertiary/aromatic N) is 2. The van der Waals surface area contributed by atoms with E-state index >= 15 is 0 Å². The van der Waals surface area contributed by atoms with Gasteiger partial charge >= 0.3 is 0 Å². The maximum atomic E-state index is 12.5. The Hall–Kier alpha value is -2.40. The van der Waals surface area contributed by atoms with Crippen molar-refractivity contribution in [1.82, 2.24) is 15.2 Å². The summed E-state index contributed by atoms with van der Waals surface area (Å²) in [4.78, 5) is 19.3. The number of aromatic nitrogens is 1. The standard InChI is InChI=1S/C23H29N3O2/c27-23(25-16-21-6-3-4-11-24-21)19-8-12-26(13-9-19)17-18-10-14-28-22-7-2-1-5-20(22)15-18/h1-7,11,18-19H,8-10,12-17H2,(H,25,27)/t18-/m1/s1. The summed E-state index contributed by atoms with van der Waals surface area (Å²) < 4.78 is 5.90. The lowest BCUT2D eigenvalue weighted by atomic mass is 9.92. The Balaban J connectivity index is 1.22. The van der Waals surface area contributed by atoms with Gasteiger partial charge in [-0.3, -0.25) is 9.78 Å². The third-order valence-electron chi connectivity index (χ3n) is 5.91. The largest absolute Gasteiger partial charge is 0.493 e. The number of carbonyl (C=O) groups excluding carboxylic acids is 1. The third kappa shape index (κ3) is 4.90. The average Bonchev–Trinajstić information content (AvgIpc) is 2.95. The fourth-order valence-corrected chi connectivity index (χ4v) is 4.29. The van der Waals surface area contributed by atoms with Gasteiger partial charge in [0.2, 0.25) is 5.91 Å². The van der Waals surface area contributed by atoms with Crippen LogP contribution in [0.25, 0.3) is 0 Å². The molecule has 1 fully saturated rings. The number of likely N-dealkylation sites (tertiary alicyclic amines) is 1. The maximum absolute atomic E-state index is 12.5. The van der Waals surface area contributed by atoms with Gasteiger partial charge in [0.1, 0.15) is 5.75 Å². The zero-order chi connectivity index (χ0) is 19.2. The van der Waals surface area contributed by atoms with Crippen molar-refractivity contribution in [3.63, 3.8) is 0 Å². The number of hydrogen-bond acceptors (Lipinski definition) is 4. The molecular weight excluding hydrogens is 350 g/mol. The molecule has 5 nitrogen and oxygen atoms in total. The highest BCUT2D eigenvalue weighted by atomic mass is 16.5. The van der Waals surface area contributed by atoms with Crippen LogP contribution in [0.5, 0.6) is 5.75 Å². The molecule has 0 spiro atoms. The number of carbonyl (C=O) groups is 1. The molecule has 0 saturated carbocycles. The number of amides is 1. The van der Waals surface area contributed by atoms with E-state index in [9.17, 15) is 4.79 Å². The van der Waals surface area contributed by atoms with E-state index < -0.39 is 0 Å². The summed E-state index contributed by atoms with van der Waals surface area (Å²) in [7, 11) is 0. The summed E-state index contributed by atoms with van der Waals surface area (Å²) in [5.74, 6) is 1.96. The van der Waals surface area contributed by atoms with Crippen LogP contribution in [0.1, 0.15) is 30.5 Å². The van der Waals surface area contributed by atoms with Crippen molar-refractivity contribution in [3.05, 3.63) is 59.9 Å². The number of fused-ring (bicyclic) bond motifs is 1. The van der Waals surface area contributed by atoms with Gasteiger partial charge in [-0.2, -0.15) is 0 Å². The monoisotopic (exact) mass is 379 g/mol. The van der Waals surface area contributed by atoms with Crippen molar-refractivity contribution >= 4 is 5.91 Å². The van der Waals surface area contributed by atoms with E-state index in [0.717, 1.165) is 63.4 Å². The molecule has 1 aromatic carbocycles. The molecule has 148 valence electrons. The summed E-state index contributed by atoms with van der Waals surface area (Å²) in [6.45, 7) is 4.41. The van der Waals surface area contributed by atoms with E-state index in [2.05, 4.69) is 33.4 Å². The van der Waals surface area contributed by atoms with Gasteiger partial charge in [-0.25, -0.2) is 0 Å². The molecule has 1 amide bonds. The first-order chi connectivity index (χ1) is 13.8. The van der Waals surface area contributed by atoms with E-state index in [1.165, 1.54) is 5.56 Å². The first-order valence-corrected chi connectivity index (χ1v) is 10.4. The van der Waals surface area contributed by atoms with E-state index in [1.807, 2.05) is 24.3 Å². The molecule has 1 N–H and O–H groups in total. The number of rotatable bonds is 5. The van der Waals surface area contributed by atoms with Crippen LogP contribution in [-0.2, 0) is 17.8 Å².